The summed E-state index contributed by atoms with van der Waals surface area (Å²) in [4.78, 5) is 10.5. The molecule has 0 aromatic heterocycles. The van der Waals surface area contributed by atoms with Crippen LogP contribution in [0.15, 0.2) is 0 Å². The quantitative estimate of drug-likeness (QED) is 0.258. The number of carbonyl (C=O) groups is 1. The van der Waals surface area contributed by atoms with E-state index in [1.807, 2.05) is 0 Å². The molecule has 0 aliphatic carbocycles. The van der Waals surface area contributed by atoms with Crippen LogP contribution in [-0.4, -0.2) is 24.3 Å². The number of methoxy groups -OCH3 is 1. The molecule has 0 saturated heterocycles. The molecule has 0 heterocycles. The smallest absolute Gasteiger partial charge is 0 e. The predicted molar refractivity (Wildman–Crippen MR) is 52.7 cm³/mol. The van der Waals surface area contributed by atoms with Gasteiger partial charge in [0.2, 0.25) is 0 Å². The Morgan fingerprint density at radius 3 is 1.83 bits per heavy atom. The molecule has 0 spiro atoms. The average Bonchev–Trinajstić information content (AvgIpc) is 2.41. The van der Waals surface area contributed by atoms with Gasteiger partial charge in [-0.15, -0.1) is 0 Å². The molecule has 18 heavy (non-hydrogen) atoms. The van der Waals surface area contributed by atoms with Gasteiger partial charge >= 0.3 is 39.9 Å². The van der Waals surface area contributed by atoms with Gasteiger partial charge in [-0.25, -0.2) is 0 Å². The molecule has 1 atom stereocenters. The monoisotopic (exact) mass is 296 g/mol. The van der Waals surface area contributed by atoms with Gasteiger partial charge in [0.05, 0.1) is 19.6 Å². The molecule has 0 aromatic rings. The minimum Gasteiger partial charge on any atom is 0 e. The first-order chi connectivity index (χ1) is 8.16. The fraction of sp³-hybridized carbons (Fsp3) is 0.273. The van der Waals surface area contributed by atoms with Crippen LogP contribution in [0.5, 0.6) is 0 Å². The topological polar surface area (TPSA) is 106 Å². The molecule has 6 nitrogen and oxygen atoms in total. The van der Waals surface area contributed by atoms with Gasteiger partial charge in [0, 0.05) is 17.1 Å². The summed E-state index contributed by atoms with van der Waals surface area (Å²) in [7, 11) is 1.31. The first-order valence-electron chi connectivity index (χ1n) is 3.89. The Morgan fingerprint density at radius 1 is 1.17 bits per heavy atom. The molecule has 0 bridgehead atoms. The van der Waals surface area contributed by atoms with Crippen molar-refractivity contribution in [3.05, 3.63) is 45.6 Å². The summed E-state index contributed by atoms with van der Waals surface area (Å²) in [5.41, 5.74) is 0. The Labute approximate surface area is 118 Å². The van der Waals surface area contributed by atoms with Gasteiger partial charge in [0.25, 0.3) is 0 Å². The third-order valence-electron chi connectivity index (χ3n) is 0.934. The molecule has 0 rings (SSSR count). The van der Waals surface area contributed by atoms with Crippen molar-refractivity contribution < 1.29 is 45.7 Å². The van der Waals surface area contributed by atoms with Crippen LogP contribution in [0.3, 0.4) is 0 Å². The van der Waals surface area contributed by atoms with Gasteiger partial charge < -0.3 is 9.84 Å². The molecule has 1 N–H and O–H groups in total. The van der Waals surface area contributed by atoms with Crippen molar-refractivity contribution in [2.24, 2.45) is 0 Å². The van der Waals surface area contributed by atoms with Crippen LogP contribution in [0.4, 0.5) is 0 Å². The van der Waals surface area contributed by atoms with Crippen molar-refractivity contribution in [1.82, 2.24) is 0 Å². The van der Waals surface area contributed by atoms with Crippen molar-refractivity contribution in [1.29, 1.82) is 0 Å². The Bertz CT molecular complexity index is 195. The fourth-order valence-corrected chi connectivity index (χ4v) is 0.427. The Kier molecular flexibility index (Phi) is 60.6. The van der Waals surface area contributed by atoms with Crippen LogP contribution >= 0.6 is 0 Å². The molecule has 7 heteroatoms. The number of aliphatic hydroxyl groups is 1. The summed E-state index contributed by atoms with van der Waals surface area (Å²) in [6.07, 6.45) is 5.44. The normalized spacial score (nSPS) is 8.06. The number of hydrogen-bond acceptors (Lipinski definition) is 3. The number of hydrogen-bond donors (Lipinski definition) is 1. The maximum Gasteiger partial charge on any atom is 0 e. The van der Waals surface area contributed by atoms with E-state index < -0.39 is 12.1 Å². The van der Waals surface area contributed by atoms with Crippen LogP contribution < -0.4 is 0 Å². The number of carbonyl (C=O) groups excluding carboxylic acids is 1. The van der Waals surface area contributed by atoms with Crippen LogP contribution in [0.25, 0.3) is 0 Å². The van der Waals surface area contributed by atoms with Gasteiger partial charge in [-0.05, 0) is 26.2 Å². The summed E-state index contributed by atoms with van der Waals surface area (Å²) in [5.74, 6) is -0.403. The molecule has 0 aliphatic heterocycles. The van der Waals surface area contributed by atoms with E-state index in [0.717, 1.165) is 0 Å². The molecule has 4 radical (unpaired) electrons. The van der Waals surface area contributed by atoms with Crippen molar-refractivity contribution in [2.45, 2.75) is 13.0 Å². The number of ether oxygens (including phenoxy) is 1. The second-order valence-corrected chi connectivity index (χ2v) is 2.01. The molecular formula is C11H12FeO6. The van der Waals surface area contributed by atoms with E-state index in [1.165, 1.54) is 20.0 Å². The molecule has 0 fully saturated rings. The molecule has 0 saturated carbocycles. The van der Waals surface area contributed by atoms with Crippen LogP contribution in [0, 0.1) is 45.6 Å². The van der Waals surface area contributed by atoms with Crippen molar-refractivity contribution in [3.63, 3.8) is 0 Å². The molecular weight excluding hydrogens is 284 g/mol. The third kappa shape index (κ3) is 45.6. The van der Waals surface area contributed by atoms with E-state index >= 15 is 0 Å². The third-order valence-corrected chi connectivity index (χ3v) is 0.934. The maximum absolute atomic E-state index is 10.5. The van der Waals surface area contributed by atoms with E-state index in [9.17, 15) is 4.79 Å². The summed E-state index contributed by atoms with van der Waals surface area (Å²) < 4.78 is 26.8. The largest absolute Gasteiger partial charge is 0 e. The molecule has 0 unspecified atom stereocenters. The van der Waals surface area contributed by atoms with Gasteiger partial charge in [-0.2, -0.15) is 0 Å². The summed E-state index contributed by atoms with van der Waals surface area (Å²) in [6, 6.07) is 0. The molecule has 0 aliphatic rings. The van der Waals surface area contributed by atoms with Crippen molar-refractivity contribution in [3.8, 4) is 0 Å². The predicted octanol–water partition coefficient (Wildman–Crippen LogP) is 0.242. The summed E-state index contributed by atoms with van der Waals surface area (Å²) >= 11 is 0. The van der Waals surface area contributed by atoms with E-state index in [1.54, 1.807) is 19.8 Å². The minimum absolute atomic E-state index is 0. The van der Waals surface area contributed by atoms with E-state index in [0.29, 0.717) is 0 Å². The minimum atomic E-state index is -0.489. The van der Waals surface area contributed by atoms with Gasteiger partial charge in [-0.3, -0.25) is 4.79 Å². The Hall–Kier alpha value is -0.831. The second-order valence-electron chi connectivity index (χ2n) is 2.01. The maximum atomic E-state index is 10.5. The van der Waals surface area contributed by atoms with Gasteiger partial charge in [0.1, 0.15) is 0 Å². The SMILES string of the molecule is COC(=O)[CH][CH][CH][CH][C@H](C)O.[C-]#[O+].[C-]#[O+].[C-]#[O+].[Fe]. The molecule has 100 valence electrons. The standard InChI is InChI=1S/C8H12O3.3CO.Fe/c1-7(9)5-3-4-6-8(10)11-2;3*1-2;/h3-7,9H,1-2H3;;;;/t7-;;;;/m0..../s1. The zero-order valence-corrected chi connectivity index (χ0v) is 10.8. The number of aliphatic hydroxyl groups excluding tert-OH is 1. The number of unbranched alkanes of at least 4 members (excludes halogenated alkanes) is 1. The second kappa shape index (κ2) is 36.0. The van der Waals surface area contributed by atoms with E-state index in [2.05, 4.69) is 24.7 Å². The Balaban J connectivity index is -0.0000000700. The zero-order chi connectivity index (χ0) is 14.7. The van der Waals surface area contributed by atoms with Crippen LogP contribution in [0.2, 0.25) is 0 Å². The van der Waals surface area contributed by atoms with Crippen molar-refractivity contribution in [2.75, 3.05) is 7.11 Å². The molecule has 0 aromatic carbocycles. The number of rotatable bonds is 5. The zero-order valence-electron chi connectivity index (χ0n) is 9.73. The van der Waals surface area contributed by atoms with Crippen LogP contribution in [0.1, 0.15) is 6.92 Å². The summed E-state index contributed by atoms with van der Waals surface area (Å²) in [5, 5.41) is 8.74. The van der Waals surface area contributed by atoms with Gasteiger partial charge in [0.15, 0.2) is 0 Å². The van der Waals surface area contributed by atoms with Crippen LogP contribution in [-0.2, 0) is 40.6 Å². The first kappa shape index (κ1) is 30.3. The average molecular weight is 296 g/mol. The fourth-order valence-electron chi connectivity index (χ4n) is 0.427. The number of esters is 1. The Morgan fingerprint density at radius 2 is 1.56 bits per heavy atom. The van der Waals surface area contributed by atoms with Crippen molar-refractivity contribution >= 4 is 5.97 Å². The first-order valence-corrected chi connectivity index (χ1v) is 3.89. The van der Waals surface area contributed by atoms with E-state index in [4.69, 9.17) is 19.1 Å². The molecule has 0 amide bonds. The van der Waals surface area contributed by atoms with E-state index in [-0.39, 0.29) is 17.1 Å². The summed E-state index contributed by atoms with van der Waals surface area (Å²) in [6.45, 7) is 15.1. The van der Waals surface area contributed by atoms with Gasteiger partial charge in [-0.1, -0.05) is 0 Å².